The van der Waals surface area contributed by atoms with Crippen LogP contribution < -0.4 is 0 Å². The summed E-state index contributed by atoms with van der Waals surface area (Å²) in [5.41, 5.74) is 4.05. The molecule has 1 saturated heterocycles. The second kappa shape index (κ2) is 6.07. The van der Waals surface area contributed by atoms with Gasteiger partial charge in [-0.25, -0.2) is 0 Å². The van der Waals surface area contributed by atoms with Gasteiger partial charge in [-0.1, -0.05) is 19.1 Å². The number of hydrogen-bond donors (Lipinski definition) is 0. The Kier molecular flexibility index (Phi) is 4.62. The van der Waals surface area contributed by atoms with Crippen molar-refractivity contribution in [3.8, 4) is 6.07 Å². The van der Waals surface area contributed by atoms with E-state index in [1.807, 2.05) is 6.92 Å². The van der Waals surface area contributed by atoms with E-state index in [4.69, 9.17) is 12.2 Å². The lowest BCUT2D eigenvalue weighted by molar-refractivity contribution is 0.151. The van der Waals surface area contributed by atoms with Gasteiger partial charge in [0.1, 0.15) is 10.7 Å². The van der Waals surface area contributed by atoms with Crippen molar-refractivity contribution in [2.45, 2.75) is 47.2 Å². The molecule has 0 saturated carbocycles. The largest absolute Gasteiger partial charge is 0.322 e. The van der Waals surface area contributed by atoms with Gasteiger partial charge in [0, 0.05) is 18.8 Å². The number of aromatic nitrogens is 1. The van der Waals surface area contributed by atoms with Crippen molar-refractivity contribution in [2.24, 2.45) is 5.92 Å². The van der Waals surface area contributed by atoms with E-state index in [1.165, 1.54) is 24.1 Å². The van der Waals surface area contributed by atoms with Gasteiger partial charge in [-0.2, -0.15) is 5.26 Å². The highest BCUT2D eigenvalue weighted by molar-refractivity contribution is 7.71. The van der Waals surface area contributed by atoms with E-state index in [1.54, 1.807) is 0 Å². The van der Waals surface area contributed by atoms with Crippen LogP contribution in [0.2, 0.25) is 0 Å². The Balaban J connectivity index is 2.35. The normalized spacial score (nSPS) is 17.1. The molecule has 4 heteroatoms. The first kappa shape index (κ1) is 15.2. The third kappa shape index (κ3) is 2.79. The van der Waals surface area contributed by atoms with E-state index in [0.29, 0.717) is 10.2 Å². The van der Waals surface area contributed by atoms with Crippen molar-refractivity contribution in [2.75, 3.05) is 13.1 Å². The maximum absolute atomic E-state index is 9.34. The Morgan fingerprint density at radius 2 is 1.80 bits per heavy atom. The van der Waals surface area contributed by atoms with Gasteiger partial charge in [0.15, 0.2) is 0 Å². The lowest BCUT2D eigenvalue weighted by Crippen LogP contribution is -2.35. The van der Waals surface area contributed by atoms with Gasteiger partial charge in [-0.05, 0) is 50.7 Å². The number of rotatable bonds is 2. The second-order valence-corrected chi connectivity index (χ2v) is 6.38. The van der Waals surface area contributed by atoms with Crippen molar-refractivity contribution < 1.29 is 0 Å². The fourth-order valence-electron chi connectivity index (χ4n) is 2.81. The fraction of sp³-hybridized carbons (Fsp3) is 0.625. The van der Waals surface area contributed by atoms with Crippen LogP contribution in [0.5, 0.6) is 0 Å². The van der Waals surface area contributed by atoms with Gasteiger partial charge in [0.2, 0.25) is 0 Å². The average molecular weight is 289 g/mol. The van der Waals surface area contributed by atoms with E-state index < -0.39 is 0 Å². The highest BCUT2D eigenvalue weighted by Crippen LogP contribution is 2.21. The molecule has 2 rings (SSSR count). The molecule has 3 nitrogen and oxygen atoms in total. The summed E-state index contributed by atoms with van der Waals surface area (Å²) in [4.78, 5) is 2.44. The molecule has 0 atom stereocenters. The molecule has 0 spiro atoms. The molecule has 1 fully saturated rings. The summed E-state index contributed by atoms with van der Waals surface area (Å²) in [5, 5.41) is 9.34. The lowest BCUT2D eigenvalue weighted by Gasteiger charge is -2.32. The van der Waals surface area contributed by atoms with Crippen molar-refractivity contribution in [1.82, 2.24) is 9.47 Å². The van der Waals surface area contributed by atoms with E-state index in [0.717, 1.165) is 31.2 Å². The van der Waals surface area contributed by atoms with E-state index in [9.17, 15) is 5.26 Å². The zero-order valence-electron chi connectivity index (χ0n) is 12.9. The van der Waals surface area contributed by atoms with Crippen LogP contribution in [0.1, 0.15) is 42.1 Å². The summed E-state index contributed by atoms with van der Waals surface area (Å²) >= 11 is 5.53. The van der Waals surface area contributed by atoms with Gasteiger partial charge in [0.05, 0.1) is 12.2 Å². The van der Waals surface area contributed by atoms with Crippen molar-refractivity contribution in [3.63, 3.8) is 0 Å². The predicted octanol–water partition coefficient (Wildman–Crippen LogP) is 3.70. The molecule has 1 aliphatic heterocycles. The van der Waals surface area contributed by atoms with Crippen molar-refractivity contribution >= 4 is 12.2 Å². The summed E-state index contributed by atoms with van der Waals surface area (Å²) in [6.07, 6.45) is 2.50. The summed E-state index contributed by atoms with van der Waals surface area (Å²) in [6.45, 7) is 11.5. The fourth-order valence-corrected chi connectivity index (χ4v) is 3.21. The third-order valence-electron chi connectivity index (χ3n) is 4.67. The summed E-state index contributed by atoms with van der Waals surface area (Å²) in [7, 11) is 0. The lowest BCUT2D eigenvalue weighted by atomic mass is 9.99. The number of piperidine rings is 1. The molecule has 0 amide bonds. The van der Waals surface area contributed by atoms with Crippen LogP contribution in [0.15, 0.2) is 0 Å². The molecule has 0 N–H and O–H groups in total. The first-order valence-corrected chi connectivity index (χ1v) is 7.69. The average Bonchev–Trinajstić information content (AvgIpc) is 2.44. The van der Waals surface area contributed by atoms with Crippen LogP contribution in [-0.2, 0) is 6.67 Å². The molecule has 0 bridgehead atoms. The topological polar surface area (TPSA) is 32.0 Å². The van der Waals surface area contributed by atoms with Crippen LogP contribution in [0, 0.1) is 42.7 Å². The van der Waals surface area contributed by atoms with Crippen LogP contribution in [-0.4, -0.2) is 22.6 Å². The standard InChI is InChI=1S/C16H23N3S/c1-11-5-7-18(8-6-11)10-19-14(4)12(2)13(3)15(9-17)16(19)20/h11H,5-8,10H2,1-4H3. The van der Waals surface area contributed by atoms with Gasteiger partial charge in [-0.3, -0.25) is 4.90 Å². The molecule has 0 radical (unpaired) electrons. The molecular formula is C16H23N3S. The molecule has 2 heterocycles. The quantitative estimate of drug-likeness (QED) is 0.778. The molecular weight excluding hydrogens is 266 g/mol. The minimum Gasteiger partial charge on any atom is -0.322 e. The SMILES string of the molecule is Cc1c(C)c(C)n(CN2CCC(C)CC2)c(=S)c1C#N. The molecule has 1 aromatic heterocycles. The second-order valence-electron chi connectivity index (χ2n) is 6.00. The van der Waals surface area contributed by atoms with Crippen molar-refractivity contribution in [1.29, 1.82) is 5.26 Å². The van der Waals surface area contributed by atoms with Crippen LogP contribution in [0.4, 0.5) is 0 Å². The van der Waals surface area contributed by atoms with E-state index >= 15 is 0 Å². The first-order chi connectivity index (χ1) is 9.45. The Morgan fingerprint density at radius 3 is 2.35 bits per heavy atom. The van der Waals surface area contributed by atoms with Crippen LogP contribution >= 0.6 is 12.2 Å². The minimum atomic E-state index is 0.661. The molecule has 20 heavy (non-hydrogen) atoms. The maximum atomic E-state index is 9.34. The molecule has 0 aliphatic carbocycles. The molecule has 1 aliphatic rings. The summed E-state index contributed by atoms with van der Waals surface area (Å²) in [5.74, 6) is 0.828. The number of hydrogen-bond acceptors (Lipinski definition) is 3. The van der Waals surface area contributed by atoms with Crippen LogP contribution in [0.25, 0.3) is 0 Å². The molecule has 1 aromatic rings. The van der Waals surface area contributed by atoms with Crippen LogP contribution in [0.3, 0.4) is 0 Å². The first-order valence-electron chi connectivity index (χ1n) is 7.28. The zero-order chi connectivity index (χ0) is 14.9. The number of nitrogens with zero attached hydrogens (tertiary/aromatic N) is 3. The van der Waals surface area contributed by atoms with Gasteiger partial charge >= 0.3 is 0 Å². The zero-order valence-corrected chi connectivity index (χ0v) is 13.7. The Morgan fingerprint density at radius 1 is 1.20 bits per heavy atom. The number of likely N-dealkylation sites (tertiary alicyclic amines) is 1. The van der Waals surface area contributed by atoms with Gasteiger partial charge < -0.3 is 4.57 Å². The predicted molar refractivity (Wildman–Crippen MR) is 84.2 cm³/mol. The van der Waals surface area contributed by atoms with Crippen molar-refractivity contribution in [3.05, 3.63) is 27.0 Å². The Labute approximate surface area is 126 Å². The number of nitriles is 1. The minimum absolute atomic E-state index is 0.661. The van der Waals surface area contributed by atoms with E-state index in [2.05, 4.69) is 36.3 Å². The van der Waals surface area contributed by atoms with E-state index in [-0.39, 0.29) is 0 Å². The van der Waals surface area contributed by atoms with Gasteiger partial charge in [-0.15, -0.1) is 0 Å². The van der Waals surface area contributed by atoms with Gasteiger partial charge in [0.25, 0.3) is 0 Å². The maximum Gasteiger partial charge on any atom is 0.125 e. The summed E-state index contributed by atoms with van der Waals surface area (Å²) < 4.78 is 2.82. The third-order valence-corrected chi connectivity index (χ3v) is 5.10. The number of pyridine rings is 1. The Bertz CT molecular complexity index is 602. The summed E-state index contributed by atoms with van der Waals surface area (Å²) in [6, 6.07) is 2.27. The molecule has 0 aromatic carbocycles. The highest BCUT2D eigenvalue weighted by Gasteiger charge is 2.18. The Hall–Kier alpha value is -1.18. The highest BCUT2D eigenvalue weighted by atomic mass is 32.1. The smallest absolute Gasteiger partial charge is 0.125 e. The molecule has 0 unspecified atom stereocenters. The molecule has 108 valence electrons. The monoisotopic (exact) mass is 289 g/mol.